The van der Waals surface area contributed by atoms with Crippen LogP contribution in [-0.4, -0.2) is 9.55 Å². The highest BCUT2D eigenvalue weighted by atomic mass is 15.1. The van der Waals surface area contributed by atoms with Gasteiger partial charge in [0.25, 0.3) is 0 Å². The molecule has 0 fully saturated rings. The van der Waals surface area contributed by atoms with Crippen LogP contribution >= 0.6 is 0 Å². The number of rotatable bonds is 23. The molecule has 0 saturated carbocycles. The van der Waals surface area contributed by atoms with E-state index in [1.165, 1.54) is 126 Å². The second kappa shape index (κ2) is 19.7. The summed E-state index contributed by atoms with van der Waals surface area (Å²) in [7, 11) is 0. The number of aromatic nitrogens is 2. The number of unbranched alkanes of at least 4 members (excludes halogenated alkanes) is 14. The molecule has 3 rings (SSSR count). The molecule has 0 spiro atoms. The van der Waals surface area contributed by atoms with Crippen molar-refractivity contribution >= 4 is 0 Å². The molecule has 0 N–H and O–H groups in total. The standard InChI is InChI=1S/C39H60N2/c1-4-6-8-10-11-12-13-14-15-16-17-25-32-41-33-31-40-38(41)37(30-24-9-7-5-2)39(3,36-28-22-19-23-29-36)34-35-26-20-18-21-27-35/h18-23,26-29,31,33,37H,4-17,24-25,30,32,34H2,1-3H3. The summed E-state index contributed by atoms with van der Waals surface area (Å²) >= 11 is 0. The summed E-state index contributed by atoms with van der Waals surface area (Å²) in [4.78, 5) is 5.09. The molecule has 0 amide bonds. The van der Waals surface area contributed by atoms with Gasteiger partial charge in [-0.3, -0.25) is 0 Å². The summed E-state index contributed by atoms with van der Waals surface area (Å²) < 4.78 is 2.51. The summed E-state index contributed by atoms with van der Waals surface area (Å²) in [6.45, 7) is 8.20. The van der Waals surface area contributed by atoms with E-state index in [1.54, 1.807) is 0 Å². The Morgan fingerprint density at radius 1 is 0.634 bits per heavy atom. The van der Waals surface area contributed by atoms with Crippen molar-refractivity contribution in [1.29, 1.82) is 0 Å². The van der Waals surface area contributed by atoms with Gasteiger partial charge in [-0.05, 0) is 30.4 Å². The van der Waals surface area contributed by atoms with Crippen LogP contribution in [0.4, 0.5) is 0 Å². The molecular weight excluding hydrogens is 496 g/mol. The van der Waals surface area contributed by atoms with Crippen LogP contribution in [0.1, 0.15) is 153 Å². The molecule has 2 nitrogen and oxygen atoms in total. The number of hydrogen-bond donors (Lipinski definition) is 0. The van der Waals surface area contributed by atoms with Crippen molar-refractivity contribution in [2.24, 2.45) is 0 Å². The molecule has 2 aromatic carbocycles. The van der Waals surface area contributed by atoms with E-state index in [9.17, 15) is 0 Å². The van der Waals surface area contributed by atoms with Crippen LogP contribution < -0.4 is 0 Å². The Morgan fingerprint density at radius 2 is 1.15 bits per heavy atom. The molecule has 226 valence electrons. The molecule has 2 heteroatoms. The third kappa shape index (κ3) is 11.4. The Labute approximate surface area is 253 Å². The average Bonchev–Trinajstić information content (AvgIpc) is 3.46. The molecule has 1 heterocycles. The molecular formula is C39H60N2. The molecule has 0 aliphatic carbocycles. The van der Waals surface area contributed by atoms with Gasteiger partial charge in [0.15, 0.2) is 0 Å². The zero-order chi connectivity index (χ0) is 29.0. The molecule has 0 aliphatic heterocycles. The molecule has 1 aromatic heterocycles. The van der Waals surface area contributed by atoms with E-state index in [0.717, 1.165) is 13.0 Å². The Balaban J connectivity index is 1.64. The largest absolute Gasteiger partial charge is 0.335 e. The van der Waals surface area contributed by atoms with Gasteiger partial charge in [-0.15, -0.1) is 0 Å². The molecule has 3 aromatic rings. The third-order valence-corrected chi connectivity index (χ3v) is 9.27. The quantitative estimate of drug-likeness (QED) is 0.106. The zero-order valence-electron chi connectivity index (χ0n) is 26.8. The van der Waals surface area contributed by atoms with Crippen molar-refractivity contribution in [2.45, 2.75) is 154 Å². The van der Waals surface area contributed by atoms with Crippen LogP contribution in [-0.2, 0) is 18.4 Å². The lowest BCUT2D eigenvalue weighted by molar-refractivity contribution is 0.322. The van der Waals surface area contributed by atoms with Gasteiger partial charge in [0, 0.05) is 30.3 Å². The fourth-order valence-corrected chi connectivity index (χ4v) is 6.72. The first kappa shape index (κ1) is 33.2. The van der Waals surface area contributed by atoms with E-state index < -0.39 is 0 Å². The van der Waals surface area contributed by atoms with E-state index in [1.807, 2.05) is 0 Å². The summed E-state index contributed by atoms with van der Waals surface area (Å²) in [6, 6.07) is 22.4. The van der Waals surface area contributed by atoms with Gasteiger partial charge < -0.3 is 4.57 Å². The third-order valence-electron chi connectivity index (χ3n) is 9.27. The molecule has 41 heavy (non-hydrogen) atoms. The zero-order valence-corrected chi connectivity index (χ0v) is 26.8. The predicted molar refractivity (Wildman–Crippen MR) is 179 cm³/mol. The minimum Gasteiger partial charge on any atom is -0.335 e. The van der Waals surface area contributed by atoms with E-state index in [0.29, 0.717) is 5.92 Å². The van der Waals surface area contributed by atoms with Crippen molar-refractivity contribution in [3.63, 3.8) is 0 Å². The smallest absolute Gasteiger partial charge is 0.112 e. The lowest BCUT2D eigenvalue weighted by Gasteiger charge is -2.39. The topological polar surface area (TPSA) is 17.8 Å². The van der Waals surface area contributed by atoms with Gasteiger partial charge in [0.05, 0.1) is 0 Å². The lowest BCUT2D eigenvalue weighted by atomic mass is 9.66. The second-order valence-corrected chi connectivity index (χ2v) is 12.7. The van der Waals surface area contributed by atoms with Crippen molar-refractivity contribution in [3.05, 3.63) is 90.0 Å². The molecule has 0 saturated heterocycles. The number of imidazole rings is 1. The van der Waals surface area contributed by atoms with Gasteiger partial charge in [-0.1, -0.05) is 178 Å². The van der Waals surface area contributed by atoms with E-state index in [4.69, 9.17) is 4.98 Å². The highest BCUT2D eigenvalue weighted by molar-refractivity contribution is 5.33. The van der Waals surface area contributed by atoms with Crippen LogP contribution in [0, 0.1) is 0 Å². The van der Waals surface area contributed by atoms with Gasteiger partial charge in [-0.25, -0.2) is 4.98 Å². The van der Waals surface area contributed by atoms with Crippen molar-refractivity contribution in [2.75, 3.05) is 0 Å². The Bertz CT molecular complexity index is 1020. The predicted octanol–water partition coefficient (Wildman–Crippen LogP) is 11.8. The van der Waals surface area contributed by atoms with E-state index in [2.05, 4.69) is 98.4 Å². The summed E-state index contributed by atoms with van der Waals surface area (Å²) in [5.74, 6) is 1.68. The minimum absolute atomic E-state index is 0.0194. The number of aryl methyl sites for hydroxylation is 1. The van der Waals surface area contributed by atoms with Gasteiger partial charge in [0.2, 0.25) is 0 Å². The molecule has 2 unspecified atom stereocenters. The Kier molecular flexibility index (Phi) is 15.9. The average molecular weight is 557 g/mol. The molecule has 2 atom stereocenters. The fraction of sp³-hybridized carbons (Fsp3) is 0.615. The number of nitrogens with zero attached hydrogens (tertiary/aromatic N) is 2. The second-order valence-electron chi connectivity index (χ2n) is 12.7. The minimum atomic E-state index is -0.0194. The maximum atomic E-state index is 5.09. The molecule has 0 radical (unpaired) electrons. The van der Waals surface area contributed by atoms with Crippen LogP contribution in [0.25, 0.3) is 0 Å². The SMILES string of the molecule is CCCCCCCCCCCCCCn1ccnc1C(CCCCCC)C(C)(Cc1ccccc1)c1ccccc1. The monoisotopic (exact) mass is 556 g/mol. The summed E-state index contributed by atoms with van der Waals surface area (Å²) in [6.07, 6.45) is 28.4. The normalized spacial score (nSPS) is 13.7. The van der Waals surface area contributed by atoms with Gasteiger partial charge in [-0.2, -0.15) is 0 Å². The maximum Gasteiger partial charge on any atom is 0.112 e. The van der Waals surface area contributed by atoms with Crippen LogP contribution in [0.5, 0.6) is 0 Å². The lowest BCUT2D eigenvalue weighted by Crippen LogP contribution is -2.35. The summed E-state index contributed by atoms with van der Waals surface area (Å²) in [5, 5.41) is 0. The van der Waals surface area contributed by atoms with Crippen LogP contribution in [0.2, 0.25) is 0 Å². The van der Waals surface area contributed by atoms with Crippen LogP contribution in [0.3, 0.4) is 0 Å². The Morgan fingerprint density at radius 3 is 1.73 bits per heavy atom. The first-order chi connectivity index (χ1) is 20.2. The maximum absolute atomic E-state index is 5.09. The number of hydrogen-bond acceptors (Lipinski definition) is 1. The first-order valence-electron chi connectivity index (χ1n) is 17.3. The van der Waals surface area contributed by atoms with Crippen molar-refractivity contribution < 1.29 is 0 Å². The highest BCUT2D eigenvalue weighted by Gasteiger charge is 2.39. The van der Waals surface area contributed by atoms with Crippen LogP contribution in [0.15, 0.2) is 73.1 Å². The number of benzene rings is 2. The molecule has 0 aliphatic rings. The first-order valence-corrected chi connectivity index (χ1v) is 17.3. The summed E-state index contributed by atoms with van der Waals surface area (Å²) in [5.41, 5.74) is 2.83. The molecule has 0 bridgehead atoms. The van der Waals surface area contributed by atoms with E-state index in [-0.39, 0.29) is 5.41 Å². The highest BCUT2D eigenvalue weighted by Crippen LogP contribution is 2.44. The Hall–Kier alpha value is -2.35. The van der Waals surface area contributed by atoms with Crippen molar-refractivity contribution in [3.8, 4) is 0 Å². The van der Waals surface area contributed by atoms with Gasteiger partial charge in [0.1, 0.15) is 5.82 Å². The van der Waals surface area contributed by atoms with Crippen molar-refractivity contribution in [1.82, 2.24) is 9.55 Å². The fourth-order valence-electron chi connectivity index (χ4n) is 6.72. The van der Waals surface area contributed by atoms with Gasteiger partial charge >= 0.3 is 0 Å². The van der Waals surface area contributed by atoms with E-state index >= 15 is 0 Å².